The zero-order valence-electron chi connectivity index (χ0n) is 8.92. The number of nitrogens with one attached hydrogen (secondary N) is 1. The zero-order chi connectivity index (χ0) is 10.8. The first-order valence-electron chi connectivity index (χ1n) is 4.88. The van der Waals surface area contributed by atoms with Crippen LogP contribution in [0.15, 0.2) is 12.7 Å². The molecule has 4 heteroatoms. The maximum Gasteiger partial charge on any atom is 0.238 e. The van der Waals surface area contributed by atoms with Crippen LogP contribution in [0.3, 0.4) is 0 Å². The highest BCUT2D eigenvalue weighted by atomic mass is 16.2. The molecule has 0 saturated carbocycles. The molecule has 0 aromatic rings. The van der Waals surface area contributed by atoms with Crippen molar-refractivity contribution in [1.82, 2.24) is 10.2 Å². The molecule has 1 aliphatic heterocycles. The quantitative estimate of drug-likeness (QED) is 0.611. The Morgan fingerprint density at radius 1 is 1.79 bits per heavy atom. The number of hydrogen-bond donors (Lipinski definition) is 2. The molecule has 0 bridgehead atoms. The van der Waals surface area contributed by atoms with Crippen LogP contribution in [0.1, 0.15) is 13.8 Å². The number of nitrogens with two attached hydrogens (primary N) is 1. The summed E-state index contributed by atoms with van der Waals surface area (Å²) in [7, 11) is 0. The largest absolute Gasteiger partial charge is 0.353 e. The Labute approximate surface area is 85.1 Å². The lowest BCUT2D eigenvalue weighted by molar-refractivity contribution is -0.133. The van der Waals surface area contributed by atoms with Crippen LogP contribution in [0.4, 0.5) is 0 Å². The number of amides is 1. The molecule has 80 valence electrons. The lowest BCUT2D eigenvalue weighted by Gasteiger charge is -2.46. The van der Waals surface area contributed by atoms with Gasteiger partial charge in [-0.2, -0.15) is 0 Å². The first kappa shape index (κ1) is 11.2. The summed E-state index contributed by atoms with van der Waals surface area (Å²) in [6, 6.07) is -0.225. The molecule has 14 heavy (non-hydrogen) atoms. The highest BCUT2D eigenvalue weighted by molar-refractivity contribution is 5.83. The molecular weight excluding hydrogens is 178 g/mol. The zero-order valence-corrected chi connectivity index (χ0v) is 8.92. The third-order valence-electron chi connectivity index (χ3n) is 2.70. The number of nitrogens with zero attached hydrogens (tertiary/aromatic N) is 1. The lowest BCUT2D eigenvalue weighted by atomic mass is 9.95. The van der Waals surface area contributed by atoms with Crippen molar-refractivity contribution >= 4 is 5.91 Å². The van der Waals surface area contributed by atoms with Crippen LogP contribution >= 0.6 is 0 Å². The first-order chi connectivity index (χ1) is 6.53. The van der Waals surface area contributed by atoms with Gasteiger partial charge in [-0.3, -0.25) is 9.69 Å². The van der Waals surface area contributed by atoms with Crippen molar-refractivity contribution in [2.45, 2.75) is 25.4 Å². The van der Waals surface area contributed by atoms with Crippen LogP contribution in [0.5, 0.6) is 0 Å². The number of carbonyl (C=O) groups excluding carboxylic acids is 1. The monoisotopic (exact) mass is 197 g/mol. The molecule has 0 spiro atoms. The number of carbonyl (C=O) groups is 1. The Morgan fingerprint density at radius 2 is 2.43 bits per heavy atom. The van der Waals surface area contributed by atoms with Crippen LogP contribution in [0, 0.1) is 0 Å². The van der Waals surface area contributed by atoms with E-state index in [0.29, 0.717) is 19.6 Å². The van der Waals surface area contributed by atoms with E-state index in [-0.39, 0.29) is 17.5 Å². The van der Waals surface area contributed by atoms with Gasteiger partial charge in [-0.05, 0) is 13.8 Å². The summed E-state index contributed by atoms with van der Waals surface area (Å²) in [4.78, 5) is 13.6. The first-order valence-corrected chi connectivity index (χ1v) is 4.88. The molecule has 1 fully saturated rings. The van der Waals surface area contributed by atoms with Crippen molar-refractivity contribution in [1.29, 1.82) is 0 Å². The minimum atomic E-state index is -0.225. The van der Waals surface area contributed by atoms with Crippen molar-refractivity contribution in [2.24, 2.45) is 5.73 Å². The fourth-order valence-electron chi connectivity index (χ4n) is 1.83. The third kappa shape index (κ3) is 1.96. The molecule has 3 N–H and O–H groups in total. The second-order valence-corrected chi connectivity index (χ2v) is 4.22. The summed E-state index contributed by atoms with van der Waals surface area (Å²) in [5.41, 5.74) is 5.55. The maximum atomic E-state index is 11.5. The molecule has 1 saturated heterocycles. The van der Waals surface area contributed by atoms with Crippen molar-refractivity contribution < 1.29 is 4.79 Å². The van der Waals surface area contributed by atoms with Gasteiger partial charge in [0.1, 0.15) is 6.04 Å². The van der Waals surface area contributed by atoms with Crippen molar-refractivity contribution in [3.05, 3.63) is 12.7 Å². The fourth-order valence-corrected chi connectivity index (χ4v) is 1.83. The number of rotatable bonds is 3. The Bertz CT molecular complexity index is 238. The standard InChI is InChI=1S/C10H19N3O/c1-4-5-13-8(6-11)9(14)12-7-10(13,2)3/h4,8H,1,5-7,11H2,2-3H3,(H,12,14). The average Bonchev–Trinajstić information content (AvgIpc) is 2.13. The van der Waals surface area contributed by atoms with Gasteiger partial charge in [0.05, 0.1) is 0 Å². The number of hydrogen-bond acceptors (Lipinski definition) is 3. The van der Waals surface area contributed by atoms with Gasteiger partial charge in [0, 0.05) is 25.2 Å². The van der Waals surface area contributed by atoms with Gasteiger partial charge >= 0.3 is 0 Å². The van der Waals surface area contributed by atoms with Crippen LogP contribution in [-0.4, -0.2) is 42.0 Å². The van der Waals surface area contributed by atoms with Crippen LogP contribution in [0.2, 0.25) is 0 Å². The van der Waals surface area contributed by atoms with E-state index in [4.69, 9.17) is 5.73 Å². The summed E-state index contributed by atoms with van der Waals surface area (Å²) in [5, 5.41) is 2.87. The van der Waals surface area contributed by atoms with E-state index in [1.54, 1.807) is 0 Å². The van der Waals surface area contributed by atoms with Crippen molar-refractivity contribution in [3.8, 4) is 0 Å². The summed E-state index contributed by atoms with van der Waals surface area (Å²) in [5.74, 6) is 0.0219. The van der Waals surface area contributed by atoms with E-state index in [1.165, 1.54) is 0 Å². The fraction of sp³-hybridized carbons (Fsp3) is 0.700. The molecule has 0 aromatic heterocycles. The SMILES string of the molecule is C=CCN1C(CN)C(=O)NCC1(C)C. The molecule has 1 aliphatic rings. The molecule has 1 amide bonds. The molecule has 1 heterocycles. The van der Waals surface area contributed by atoms with E-state index in [2.05, 4.69) is 30.6 Å². The molecule has 1 atom stereocenters. The van der Waals surface area contributed by atoms with Gasteiger partial charge in [0.2, 0.25) is 5.91 Å². The smallest absolute Gasteiger partial charge is 0.238 e. The van der Waals surface area contributed by atoms with Crippen LogP contribution in [0.25, 0.3) is 0 Å². The predicted octanol–water partition coefficient (Wildman–Crippen LogP) is -0.290. The Hall–Kier alpha value is -0.870. The van der Waals surface area contributed by atoms with E-state index in [0.717, 1.165) is 0 Å². The second kappa shape index (κ2) is 4.11. The Balaban J connectivity index is 2.86. The van der Waals surface area contributed by atoms with Crippen molar-refractivity contribution in [3.63, 3.8) is 0 Å². The third-order valence-corrected chi connectivity index (χ3v) is 2.70. The van der Waals surface area contributed by atoms with Crippen LogP contribution in [-0.2, 0) is 4.79 Å². The topological polar surface area (TPSA) is 58.4 Å². The summed E-state index contributed by atoms with van der Waals surface area (Å²) < 4.78 is 0. The average molecular weight is 197 g/mol. The van der Waals surface area contributed by atoms with E-state index in [9.17, 15) is 4.79 Å². The highest BCUT2D eigenvalue weighted by Crippen LogP contribution is 2.20. The normalized spacial score (nSPS) is 27.1. The summed E-state index contributed by atoms with van der Waals surface area (Å²) in [6.45, 7) is 9.60. The van der Waals surface area contributed by atoms with Gasteiger partial charge in [0.15, 0.2) is 0 Å². The van der Waals surface area contributed by atoms with Gasteiger partial charge in [-0.1, -0.05) is 6.08 Å². The maximum absolute atomic E-state index is 11.5. The Morgan fingerprint density at radius 3 is 2.93 bits per heavy atom. The van der Waals surface area contributed by atoms with Crippen molar-refractivity contribution in [2.75, 3.05) is 19.6 Å². The summed E-state index contributed by atoms with van der Waals surface area (Å²) >= 11 is 0. The molecule has 1 unspecified atom stereocenters. The van der Waals surface area contributed by atoms with Gasteiger partial charge < -0.3 is 11.1 Å². The molecule has 0 radical (unpaired) electrons. The van der Waals surface area contributed by atoms with Gasteiger partial charge in [-0.25, -0.2) is 0 Å². The molecule has 0 aliphatic carbocycles. The molecule has 0 aromatic carbocycles. The van der Waals surface area contributed by atoms with E-state index >= 15 is 0 Å². The minimum Gasteiger partial charge on any atom is -0.353 e. The van der Waals surface area contributed by atoms with Crippen LogP contribution < -0.4 is 11.1 Å². The van der Waals surface area contributed by atoms with Gasteiger partial charge in [-0.15, -0.1) is 6.58 Å². The Kier molecular flexibility index (Phi) is 3.29. The van der Waals surface area contributed by atoms with Gasteiger partial charge in [0.25, 0.3) is 0 Å². The molecule has 1 rings (SSSR count). The van der Waals surface area contributed by atoms with E-state index < -0.39 is 0 Å². The highest BCUT2D eigenvalue weighted by Gasteiger charge is 2.39. The summed E-state index contributed by atoms with van der Waals surface area (Å²) in [6.07, 6.45) is 1.81. The lowest BCUT2D eigenvalue weighted by Crippen LogP contribution is -2.67. The van der Waals surface area contributed by atoms with E-state index in [1.807, 2.05) is 6.08 Å². The number of piperazine rings is 1. The molecule has 4 nitrogen and oxygen atoms in total. The molecular formula is C10H19N3O. The second-order valence-electron chi connectivity index (χ2n) is 4.22. The predicted molar refractivity (Wildman–Crippen MR) is 56.8 cm³/mol. The minimum absolute atomic E-state index is 0.0219.